The van der Waals surface area contributed by atoms with Gasteiger partial charge < -0.3 is 29.0 Å². The summed E-state index contributed by atoms with van der Waals surface area (Å²) in [5, 5.41) is 9.26. The molecule has 1 aliphatic rings. The van der Waals surface area contributed by atoms with Crippen molar-refractivity contribution in [2.45, 2.75) is 45.1 Å². The lowest BCUT2D eigenvalue weighted by Gasteiger charge is -2.25. The monoisotopic (exact) mass is 485 g/mol. The molecule has 1 unspecified atom stereocenters. The van der Waals surface area contributed by atoms with Crippen LogP contribution < -0.4 is 14.2 Å². The third-order valence-corrected chi connectivity index (χ3v) is 6.08. The van der Waals surface area contributed by atoms with Crippen LogP contribution in [0.1, 0.15) is 38.2 Å². The van der Waals surface area contributed by atoms with E-state index in [4.69, 9.17) is 18.9 Å². The highest BCUT2D eigenvalue weighted by atomic mass is 16.6. The van der Waals surface area contributed by atoms with Gasteiger partial charge in [-0.15, -0.1) is 0 Å². The molecule has 1 atom stereocenters. The summed E-state index contributed by atoms with van der Waals surface area (Å²) in [5.74, 6) is 1.21. The fourth-order valence-electron chi connectivity index (χ4n) is 4.22. The van der Waals surface area contributed by atoms with Crippen molar-refractivity contribution >= 4 is 12.1 Å². The van der Waals surface area contributed by atoms with Gasteiger partial charge in [0.25, 0.3) is 0 Å². The Morgan fingerprint density at radius 2 is 1.77 bits per heavy atom. The Bertz CT molecular complexity index is 941. The zero-order valence-corrected chi connectivity index (χ0v) is 20.5. The molecular weight excluding hydrogens is 450 g/mol. The molecule has 3 rings (SSSR count). The molecule has 0 heterocycles. The van der Waals surface area contributed by atoms with E-state index in [9.17, 15) is 14.7 Å². The summed E-state index contributed by atoms with van der Waals surface area (Å²) in [5.41, 5.74) is 0.850. The van der Waals surface area contributed by atoms with Gasteiger partial charge in [0.05, 0.1) is 13.7 Å². The standard InChI is InChI=1S/C27H35NO7/c1-3-33-25(26(29)30)17-20-11-13-22(14-12-20)34-16-15-28(19-21-7-4-5-8-21)27(31)35-24-10-6-9-23(18-24)32-2/h6,9-14,18,21,25H,3-5,7-8,15-17,19H2,1-2H3,(H,29,30). The molecular formula is C27H35NO7. The number of hydrogen-bond acceptors (Lipinski definition) is 6. The van der Waals surface area contributed by atoms with Crippen molar-refractivity contribution in [1.82, 2.24) is 4.90 Å². The molecule has 190 valence electrons. The number of nitrogens with zero attached hydrogens (tertiary/aromatic N) is 1. The molecule has 1 aliphatic carbocycles. The minimum Gasteiger partial charge on any atom is -0.497 e. The highest BCUT2D eigenvalue weighted by Gasteiger charge is 2.23. The number of rotatable bonds is 13. The lowest BCUT2D eigenvalue weighted by molar-refractivity contribution is -0.149. The summed E-state index contributed by atoms with van der Waals surface area (Å²) in [6, 6.07) is 14.3. The molecule has 35 heavy (non-hydrogen) atoms. The second-order valence-corrected chi connectivity index (χ2v) is 8.62. The summed E-state index contributed by atoms with van der Waals surface area (Å²) in [6.07, 6.45) is 3.63. The van der Waals surface area contributed by atoms with E-state index in [0.29, 0.717) is 49.5 Å². The van der Waals surface area contributed by atoms with Gasteiger partial charge in [0.2, 0.25) is 0 Å². The van der Waals surface area contributed by atoms with E-state index in [-0.39, 0.29) is 6.42 Å². The molecule has 2 aromatic rings. The van der Waals surface area contributed by atoms with Gasteiger partial charge in [-0.05, 0) is 55.5 Å². The Kier molecular flexibility index (Phi) is 10.2. The van der Waals surface area contributed by atoms with E-state index in [1.54, 1.807) is 55.3 Å². The van der Waals surface area contributed by atoms with Crippen LogP contribution in [0.3, 0.4) is 0 Å². The molecule has 0 aliphatic heterocycles. The van der Waals surface area contributed by atoms with Gasteiger partial charge in [-0.1, -0.05) is 31.0 Å². The van der Waals surface area contributed by atoms with Crippen LogP contribution in [0.5, 0.6) is 17.2 Å². The van der Waals surface area contributed by atoms with Crippen LogP contribution in [0, 0.1) is 5.92 Å². The second-order valence-electron chi connectivity index (χ2n) is 8.62. The van der Waals surface area contributed by atoms with E-state index in [2.05, 4.69) is 0 Å². The number of benzene rings is 2. The fraction of sp³-hybridized carbons (Fsp3) is 0.481. The predicted octanol–water partition coefficient (Wildman–Crippen LogP) is 4.80. The van der Waals surface area contributed by atoms with E-state index in [1.165, 1.54) is 12.8 Å². The molecule has 1 amide bonds. The third kappa shape index (κ3) is 8.47. The highest BCUT2D eigenvalue weighted by molar-refractivity contribution is 5.72. The number of ether oxygens (including phenoxy) is 4. The van der Waals surface area contributed by atoms with Crippen molar-refractivity contribution in [2.24, 2.45) is 5.92 Å². The van der Waals surface area contributed by atoms with Crippen molar-refractivity contribution in [3.8, 4) is 17.2 Å². The summed E-state index contributed by atoms with van der Waals surface area (Å²) in [7, 11) is 1.57. The third-order valence-electron chi connectivity index (χ3n) is 6.08. The van der Waals surface area contributed by atoms with Crippen molar-refractivity contribution in [3.05, 3.63) is 54.1 Å². The molecule has 0 aromatic heterocycles. The van der Waals surface area contributed by atoms with Gasteiger partial charge in [-0.3, -0.25) is 0 Å². The number of aliphatic carboxylic acids is 1. The number of carbonyl (C=O) groups excluding carboxylic acids is 1. The first-order valence-corrected chi connectivity index (χ1v) is 12.2. The molecule has 0 radical (unpaired) electrons. The van der Waals surface area contributed by atoms with Crippen LogP contribution in [0.15, 0.2) is 48.5 Å². The van der Waals surface area contributed by atoms with Crippen LogP contribution in [0.25, 0.3) is 0 Å². The number of hydrogen-bond donors (Lipinski definition) is 1. The van der Waals surface area contributed by atoms with Gasteiger partial charge >= 0.3 is 12.1 Å². The molecule has 0 bridgehead atoms. The average Bonchev–Trinajstić information content (AvgIpc) is 3.37. The molecule has 1 saturated carbocycles. The van der Waals surface area contributed by atoms with Crippen molar-refractivity contribution in [2.75, 3.05) is 33.4 Å². The van der Waals surface area contributed by atoms with E-state index in [0.717, 1.165) is 18.4 Å². The van der Waals surface area contributed by atoms with Crippen molar-refractivity contribution < 1.29 is 33.6 Å². The Hall–Kier alpha value is -3.26. The largest absolute Gasteiger partial charge is 0.497 e. The molecule has 0 saturated heterocycles. The zero-order chi connectivity index (χ0) is 25.0. The van der Waals surface area contributed by atoms with Crippen LogP contribution in [-0.4, -0.2) is 61.6 Å². The van der Waals surface area contributed by atoms with Gasteiger partial charge in [0, 0.05) is 25.6 Å². The molecule has 8 heteroatoms. The highest BCUT2D eigenvalue weighted by Crippen LogP contribution is 2.26. The maximum absolute atomic E-state index is 12.9. The lowest BCUT2D eigenvalue weighted by atomic mass is 10.1. The lowest BCUT2D eigenvalue weighted by Crippen LogP contribution is -2.39. The molecule has 1 fully saturated rings. The van der Waals surface area contributed by atoms with E-state index < -0.39 is 18.2 Å². The summed E-state index contributed by atoms with van der Waals surface area (Å²) < 4.78 is 22.0. The van der Waals surface area contributed by atoms with E-state index >= 15 is 0 Å². The molecule has 1 N–H and O–H groups in total. The fourth-order valence-corrected chi connectivity index (χ4v) is 4.22. The van der Waals surface area contributed by atoms with Crippen LogP contribution >= 0.6 is 0 Å². The summed E-state index contributed by atoms with van der Waals surface area (Å²) in [6.45, 7) is 3.46. The topological polar surface area (TPSA) is 94.5 Å². The van der Waals surface area contributed by atoms with Crippen molar-refractivity contribution in [3.63, 3.8) is 0 Å². The molecule has 0 spiro atoms. The van der Waals surface area contributed by atoms with Crippen LogP contribution in [0.2, 0.25) is 0 Å². The molecule has 2 aromatic carbocycles. The Morgan fingerprint density at radius 3 is 2.43 bits per heavy atom. The minimum absolute atomic E-state index is 0.286. The summed E-state index contributed by atoms with van der Waals surface area (Å²) in [4.78, 5) is 26.0. The van der Waals surface area contributed by atoms with Gasteiger partial charge in [-0.25, -0.2) is 9.59 Å². The first kappa shape index (κ1) is 26.3. The number of carboxylic acids is 1. The maximum atomic E-state index is 12.9. The normalized spacial score (nSPS) is 14.3. The quantitative estimate of drug-likeness (QED) is 0.436. The second kappa shape index (κ2) is 13.6. The van der Waals surface area contributed by atoms with Gasteiger partial charge in [0.1, 0.15) is 23.9 Å². The van der Waals surface area contributed by atoms with Gasteiger partial charge in [-0.2, -0.15) is 0 Å². The number of carbonyl (C=O) groups is 2. The smallest absolute Gasteiger partial charge is 0.415 e. The first-order valence-electron chi connectivity index (χ1n) is 12.2. The average molecular weight is 486 g/mol. The molecule has 8 nitrogen and oxygen atoms in total. The number of carboxylic acid groups (broad SMARTS) is 1. The van der Waals surface area contributed by atoms with Crippen LogP contribution in [0.4, 0.5) is 4.79 Å². The van der Waals surface area contributed by atoms with E-state index in [1.807, 2.05) is 12.1 Å². The Balaban J connectivity index is 1.55. The SMILES string of the molecule is CCOC(Cc1ccc(OCCN(CC2CCCC2)C(=O)Oc2cccc(OC)c2)cc1)C(=O)O. The zero-order valence-electron chi connectivity index (χ0n) is 20.5. The van der Waals surface area contributed by atoms with Gasteiger partial charge in [0.15, 0.2) is 6.10 Å². The van der Waals surface area contributed by atoms with Crippen LogP contribution in [-0.2, 0) is 16.0 Å². The Morgan fingerprint density at radius 1 is 1.06 bits per heavy atom. The number of amides is 1. The Labute approximate surface area is 206 Å². The number of methoxy groups -OCH3 is 1. The summed E-state index contributed by atoms with van der Waals surface area (Å²) >= 11 is 0. The van der Waals surface area contributed by atoms with Crippen molar-refractivity contribution in [1.29, 1.82) is 0 Å². The first-order chi connectivity index (χ1) is 17.0. The predicted molar refractivity (Wildman–Crippen MR) is 131 cm³/mol. The maximum Gasteiger partial charge on any atom is 0.415 e. The minimum atomic E-state index is -0.977.